The minimum atomic E-state index is -4.10. The molecule has 0 saturated heterocycles. The Morgan fingerprint density at radius 2 is 1.79 bits per heavy atom. The van der Waals surface area contributed by atoms with E-state index in [4.69, 9.17) is 4.84 Å². The van der Waals surface area contributed by atoms with Crippen molar-refractivity contribution in [3.8, 4) is 0 Å². The molecule has 2 aromatic carbocycles. The second-order valence-electron chi connectivity index (χ2n) is 4.84. The topological polar surface area (TPSA) is 89.8 Å². The fourth-order valence-corrected chi connectivity index (χ4v) is 3.78. The molecule has 128 valence electrons. The minimum absolute atomic E-state index is 0.0156. The van der Waals surface area contributed by atoms with Gasteiger partial charge in [-0.25, -0.2) is 0 Å². The number of nitro benzene ring substituents is 1. The van der Waals surface area contributed by atoms with E-state index in [1.165, 1.54) is 36.0 Å². The summed E-state index contributed by atoms with van der Waals surface area (Å²) in [5.74, 6) is 0. The fraction of sp³-hybridized carbons (Fsp3) is 0.200. The summed E-state index contributed by atoms with van der Waals surface area (Å²) in [5, 5.41) is 11.3. The van der Waals surface area contributed by atoms with Crippen LogP contribution in [0.1, 0.15) is 5.56 Å². The second-order valence-corrected chi connectivity index (χ2v) is 7.47. The van der Waals surface area contributed by atoms with Crippen molar-refractivity contribution in [1.82, 2.24) is 0 Å². The first-order valence-corrected chi connectivity index (χ1v) is 9.46. The van der Waals surface area contributed by atoms with Crippen LogP contribution in [0.4, 0.5) is 11.4 Å². The monoisotopic (exact) mass is 368 g/mol. The molecule has 0 bridgehead atoms. The summed E-state index contributed by atoms with van der Waals surface area (Å²) in [6.45, 7) is 1.83. The van der Waals surface area contributed by atoms with Crippen molar-refractivity contribution in [1.29, 1.82) is 0 Å². The summed E-state index contributed by atoms with van der Waals surface area (Å²) in [4.78, 5) is 16.3. The van der Waals surface area contributed by atoms with E-state index < -0.39 is 14.9 Å². The van der Waals surface area contributed by atoms with Crippen molar-refractivity contribution >= 4 is 33.2 Å². The van der Waals surface area contributed by atoms with Crippen LogP contribution in [0.2, 0.25) is 0 Å². The van der Waals surface area contributed by atoms with Gasteiger partial charge in [0.25, 0.3) is 15.7 Å². The zero-order chi connectivity index (χ0) is 17.9. The molecule has 0 spiro atoms. The van der Waals surface area contributed by atoms with Crippen LogP contribution in [0, 0.1) is 17.0 Å². The number of hydrogen-bond donors (Lipinski definition) is 0. The van der Waals surface area contributed by atoms with Crippen LogP contribution in [-0.2, 0) is 14.9 Å². The molecule has 0 unspecified atom stereocenters. The predicted octanol–water partition coefficient (Wildman–Crippen LogP) is 3.38. The lowest BCUT2D eigenvalue weighted by Gasteiger charge is -2.21. The highest BCUT2D eigenvalue weighted by Crippen LogP contribution is 2.35. The summed E-state index contributed by atoms with van der Waals surface area (Å²) in [7, 11) is -2.95. The molecule has 0 heterocycles. The first-order valence-electron chi connectivity index (χ1n) is 6.79. The van der Waals surface area contributed by atoms with Gasteiger partial charge in [-0.05, 0) is 37.4 Å². The molecule has 0 saturated carbocycles. The number of aryl methyl sites for hydroxylation is 1. The Balaban J connectivity index is 2.59. The molecule has 0 aliphatic heterocycles. The molecular weight excluding hydrogens is 352 g/mol. The number of benzene rings is 2. The van der Waals surface area contributed by atoms with Crippen LogP contribution >= 0.6 is 11.8 Å². The first kappa shape index (κ1) is 18.2. The van der Waals surface area contributed by atoms with Crippen molar-refractivity contribution in [2.75, 3.05) is 17.8 Å². The Morgan fingerprint density at radius 1 is 1.17 bits per heavy atom. The van der Waals surface area contributed by atoms with Gasteiger partial charge in [0.2, 0.25) is 0 Å². The first-order chi connectivity index (χ1) is 11.3. The average molecular weight is 368 g/mol. The summed E-state index contributed by atoms with van der Waals surface area (Å²) in [6.07, 6.45) is 1.77. The number of thioether (sulfide) groups is 1. The molecule has 0 radical (unpaired) electrons. The molecule has 2 rings (SSSR count). The molecule has 0 aliphatic carbocycles. The molecule has 0 atom stereocenters. The molecule has 0 aliphatic rings. The van der Waals surface area contributed by atoms with Gasteiger partial charge in [-0.3, -0.25) is 15.0 Å². The highest BCUT2D eigenvalue weighted by atomic mass is 32.2. The van der Waals surface area contributed by atoms with E-state index in [0.29, 0.717) is 9.36 Å². The van der Waals surface area contributed by atoms with Crippen LogP contribution in [0.3, 0.4) is 0 Å². The highest BCUT2D eigenvalue weighted by Gasteiger charge is 2.31. The lowest BCUT2D eigenvalue weighted by Crippen LogP contribution is -2.30. The number of anilines is 1. The number of hydrogen-bond acceptors (Lipinski definition) is 6. The highest BCUT2D eigenvalue weighted by molar-refractivity contribution is 7.98. The third-order valence-electron chi connectivity index (χ3n) is 3.28. The third kappa shape index (κ3) is 3.53. The smallest absolute Gasteiger partial charge is 0.262 e. The standard InChI is InChI=1S/C15H16N2O5S2/c1-11-4-7-13(8-5-11)24(20,21)17(22-2)14-9-6-12(23-3)10-15(14)16(18)19/h4-10H,1-3H3. The van der Waals surface area contributed by atoms with Crippen LogP contribution < -0.4 is 4.47 Å². The molecule has 24 heavy (non-hydrogen) atoms. The van der Waals surface area contributed by atoms with Crippen molar-refractivity contribution in [3.63, 3.8) is 0 Å². The normalized spacial score (nSPS) is 11.3. The zero-order valence-electron chi connectivity index (χ0n) is 13.3. The number of rotatable bonds is 6. The maximum atomic E-state index is 12.8. The van der Waals surface area contributed by atoms with Crippen LogP contribution in [-0.4, -0.2) is 26.7 Å². The average Bonchev–Trinajstić information content (AvgIpc) is 2.55. The molecule has 0 N–H and O–H groups in total. The van der Waals surface area contributed by atoms with Gasteiger partial charge < -0.3 is 0 Å². The van der Waals surface area contributed by atoms with E-state index >= 15 is 0 Å². The molecule has 0 amide bonds. The van der Waals surface area contributed by atoms with E-state index in [9.17, 15) is 18.5 Å². The van der Waals surface area contributed by atoms with Crippen molar-refractivity contribution in [2.24, 2.45) is 0 Å². The van der Waals surface area contributed by atoms with Gasteiger partial charge in [-0.1, -0.05) is 17.7 Å². The molecule has 0 fully saturated rings. The second kappa shape index (κ2) is 7.20. The van der Waals surface area contributed by atoms with E-state index in [1.54, 1.807) is 24.5 Å². The van der Waals surface area contributed by atoms with Crippen LogP contribution in [0.25, 0.3) is 0 Å². The summed E-state index contributed by atoms with van der Waals surface area (Å²) < 4.78 is 26.1. The number of nitrogens with zero attached hydrogens (tertiary/aromatic N) is 2. The summed E-state index contributed by atoms with van der Waals surface area (Å²) in [6, 6.07) is 10.4. The molecule has 9 heteroatoms. The van der Waals surface area contributed by atoms with E-state index in [-0.39, 0.29) is 16.3 Å². The maximum Gasteiger partial charge on any atom is 0.297 e. The van der Waals surface area contributed by atoms with Gasteiger partial charge in [0.15, 0.2) is 5.69 Å². The number of nitro groups is 1. The van der Waals surface area contributed by atoms with Gasteiger partial charge >= 0.3 is 0 Å². The van der Waals surface area contributed by atoms with Crippen molar-refractivity contribution < 1.29 is 18.2 Å². The largest absolute Gasteiger partial charge is 0.297 e. The number of sulfonamides is 1. The third-order valence-corrected chi connectivity index (χ3v) is 5.65. The summed E-state index contributed by atoms with van der Waals surface area (Å²) >= 11 is 1.32. The van der Waals surface area contributed by atoms with Gasteiger partial charge in [0.05, 0.1) is 16.9 Å². The predicted molar refractivity (Wildman–Crippen MR) is 92.7 cm³/mol. The minimum Gasteiger partial charge on any atom is -0.262 e. The summed E-state index contributed by atoms with van der Waals surface area (Å²) in [5.41, 5.74) is 0.397. The molecule has 0 aromatic heterocycles. The van der Waals surface area contributed by atoms with Gasteiger partial charge in [-0.15, -0.1) is 16.2 Å². The Labute approximate surface area is 144 Å². The maximum absolute atomic E-state index is 12.8. The lowest BCUT2D eigenvalue weighted by atomic mass is 10.2. The molecule has 7 nitrogen and oxygen atoms in total. The Hall–Kier alpha value is -2.10. The van der Waals surface area contributed by atoms with Crippen molar-refractivity contribution in [2.45, 2.75) is 16.7 Å². The molecule has 2 aromatic rings. The lowest BCUT2D eigenvalue weighted by molar-refractivity contribution is -0.384. The zero-order valence-corrected chi connectivity index (χ0v) is 14.9. The Kier molecular flexibility index (Phi) is 5.47. The Bertz CT molecular complexity index is 851. The van der Waals surface area contributed by atoms with E-state index in [0.717, 1.165) is 12.7 Å². The van der Waals surface area contributed by atoms with E-state index in [2.05, 4.69) is 0 Å². The van der Waals surface area contributed by atoms with Crippen LogP contribution in [0.15, 0.2) is 52.3 Å². The van der Waals surface area contributed by atoms with Crippen LogP contribution in [0.5, 0.6) is 0 Å². The van der Waals surface area contributed by atoms with E-state index in [1.807, 2.05) is 6.92 Å². The quantitative estimate of drug-likeness (QED) is 0.441. The molecular formula is C15H16N2O5S2. The fourth-order valence-electron chi connectivity index (χ4n) is 2.06. The Morgan fingerprint density at radius 3 is 2.29 bits per heavy atom. The van der Waals surface area contributed by atoms with Gasteiger partial charge in [0.1, 0.15) is 0 Å². The van der Waals surface area contributed by atoms with Gasteiger partial charge in [0, 0.05) is 11.0 Å². The SMILES string of the molecule is CON(c1ccc(SC)cc1[N+](=O)[O-])S(=O)(=O)c1ccc(C)cc1. The van der Waals surface area contributed by atoms with Gasteiger partial charge in [-0.2, -0.15) is 8.42 Å². The van der Waals surface area contributed by atoms with Crippen molar-refractivity contribution in [3.05, 3.63) is 58.1 Å².